The number of hydrogen-bond acceptors (Lipinski definition) is 3. The van der Waals surface area contributed by atoms with Crippen molar-refractivity contribution in [1.29, 1.82) is 0 Å². The quantitative estimate of drug-likeness (QED) is 0.368. The minimum absolute atomic E-state index is 0. The average Bonchev–Trinajstić information content (AvgIpc) is 3.28. The minimum atomic E-state index is 0. The lowest BCUT2D eigenvalue weighted by Crippen LogP contribution is -2.36. The molecule has 0 amide bonds. The summed E-state index contributed by atoms with van der Waals surface area (Å²) in [4.78, 5) is 8.20. The second-order valence-electron chi connectivity index (χ2n) is 6.61. The van der Waals surface area contributed by atoms with Crippen LogP contribution in [0.15, 0.2) is 40.7 Å². The molecule has 0 radical (unpaired) electrons. The highest BCUT2D eigenvalue weighted by Gasteiger charge is 2.11. The summed E-state index contributed by atoms with van der Waals surface area (Å²) in [5, 5.41) is 8.91. The fourth-order valence-corrected chi connectivity index (χ4v) is 3.96. The average molecular weight is 484 g/mol. The zero-order chi connectivity index (χ0) is 17.5. The van der Waals surface area contributed by atoms with Crippen LogP contribution >= 0.6 is 35.3 Å². The number of likely N-dealkylation sites (tertiary alicyclic amines) is 1. The van der Waals surface area contributed by atoms with E-state index in [9.17, 15) is 0 Å². The molecule has 0 saturated carbocycles. The van der Waals surface area contributed by atoms with E-state index in [1.54, 1.807) is 11.3 Å². The number of rotatable bonds is 6. The topological polar surface area (TPSA) is 39.7 Å². The Labute approximate surface area is 178 Å². The van der Waals surface area contributed by atoms with Gasteiger partial charge in [0.1, 0.15) is 0 Å². The van der Waals surface area contributed by atoms with Gasteiger partial charge in [-0.05, 0) is 61.0 Å². The third kappa shape index (κ3) is 6.25. The van der Waals surface area contributed by atoms with E-state index >= 15 is 0 Å². The monoisotopic (exact) mass is 484 g/mol. The molecule has 2 heterocycles. The molecule has 4 nitrogen and oxygen atoms in total. The SMILES string of the molecule is CN=C(NCc1ccc(CN2CCCC2)cc1)NCc1sccc1C.I. The molecule has 0 atom stereocenters. The van der Waals surface area contributed by atoms with Crippen molar-refractivity contribution >= 4 is 41.3 Å². The Hall–Kier alpha value is -1.12. The number of halogens is 1. The molecule has 0 unspecified atom stereocenters. The van der Waals surface area contributed by atoms with Gasteiger partial charge in [-0.1, -0.05) is 24.3 Å². The Morgan fingerprint density at radius 2 is 1.69 bits per heavy atom. The number of thiophene rings is 1. The number of aliphatic imine (C=N–C) groups is 1. The van der Waals surface area contributed by atoms with Gasteiger partial charge in [-0.25, -0.2) is 0 Å². The van der Waals surface area contributed by atoms with Crippen LogP contribution in [0.1, 0.15) is 34.4 Å². The van der Waals surface area contributed by atoms with Crippen molar-refractivity contribution in [2.75, 3.05) is 20.1 Å². The highest BCUT2D eigenvalue weighted by Crippen LogP contribution is 2.15. The Bertz CT molecular complexity index is 690. The molecule has 0 bridgehead atoms. The molecule has 2 aromatic rings. The molecule has 3 rings (SSSR count). The van der Waals surface area contributed by atoms with Crippen LogP contribution in [0.2, 0.25) is 0 Å². The third-order valence-electron chi connectivity index (χ3n) is 4.70. The molecule has 1 aromatic carbocycles. The Kier molecular flexibility index (Phi) is 8.87. The van der Waals surface area contributed by atoms with Gasteiger partial charge in [0.15, 0.2) is 5.96 Å². The molecule has 142 valence electrons. The van der Waals surface area contributed by atoms with Crippen molar-refractivity contribution in [3.8, 4) is 0 Å². The maximum atomic E-state index is 4.31. The zero-order valence-electron chi connectivity index (χ0n) is 15.6. The number of benzene rings is 1. The molecule has 2 N–H and O–H groups in total. The van der Waals surface area contributed by atoms with Crippen molar-refractivity contribution < 1.29 is 0 Å². The first-order valence-electron chi connectivity index (χ1n) is 9.02. The number of hydrogen-bond donors (Lipinski definition) is 2. The van der Waals surface area contributed by atoms with Gasteiger partial charge in [0.25, 0.3) is 0 Å². The Morgan fingerprint density at radius 1 is 1.04 bits per heavy atom. The number of guanidine groups is 1. The molecule has 26 heavy (non-hydrogen) atoms. The fraction of sp³-hybridized carbons (Fsp3) is 0.450. The predicted octanol–water partition coefficient (Wildman–Crippen LogP) is 4.14. The van der Waals surface area contributed by atoms with Crippen molar-refractivity contribution in [3.63, 3.8) is 0 Å². The predicted molar refractivity (Wildman–Crippen MR) is 122 cm³/mol. The molecule has 1 fully saturated rings. The van der Waals surface area contributed by atoms with Crippen LogP contribution in [0.5, 0.6) is 0 Å². The van der Waals surface area contributed by atoms with Gasteiger partial charge in [-0.2, -0.15) is 0 Å². The summed E-state index contributed by atoms with van der Waals surface area (Å²) in [6.45, 7) is 7.32. The van der Waals surface area contributed by atoms with Gasteiger partial charge >= 0.3 is 0 Å². The molecule has 1 aromatic heterocycles. The maximum Gasteiger partial charge on any atom is 0.191 e. The maximum absolute atomic E-state index is 4.31. The van der Waals surface area contributed by atoms with Crippen LogP contribution in [0.25, 0.3) is 0 Å². The first-order valence-corrected chi connectivity index (χ1v) is 9.90. The molecule has 1 aliphatic heterocycles. The summed E-state index contributed by atoms with van der Waals surface area (Å²) in [6.07, 6.45) is 2.69. The second-order valence-corrected chi connectivity index (χ2v) is 7.61. The van der Waals surface area contributed by atoms with Crippen LogP contribution in [-0.2, 0) is 19.6 Å². The van der Waals surface area contributed by atoms with E-state index in [-0.39, 0.29) is 24.0 Å². The molecule has 1 aliphatic rings. The highest BCUT2D eigenvalue weighted by atomic mass is 127. The van der Waals surface area contributed by atoms with Crippen LogP contribution in [0, 0.1) is 6.92 Å². The summed E-state index contributed by atoms with van der Waals surface area (Å²) in [7, 11) is 1.82. The third-order valence-corrected chi connectivity index (χ3v) is 5.72. The van der Waals surface area contributed by atoms with Gasteiger partial charge in [-0.15, -0.1) is 35.3 Å². The van der Waals surface area contributed by atoms with E-state index in [0.717, 1.165) is 25.6 Å². The lowest BCUT2D eigenvalue weighted by molar-refractivity contribution is 0.331. The van der Waals surface area contributed by atoms with E-state index in [4.69, 9.17) is 0 Å². The van der Waals surface area contributed by atoms with Gasteiger partial charge in [-0.3, -0.25) is 9.89 Å². The van der Waals surface area contributed by atoms with Crippen molar-refractivity contribution in [2.45, 2.75) is 39.4 Å². The lowest BCUT2D eigenvalue weighted by Gasteiger charge is -2.15. The van der Waals surface area contributed by atoms with E-state index in [0.29, 0.717) is 0 Å². The smallest absolute Gasteiger partial charge is 0.191 e. The molecular weight excluding hydrogens is 455 g/mol. The normalized spacial score (nSPS) is 14.9. The number of aryl methyl sites for hydroxylation is 1. The van der Waals surface area contributed by atoms with Gasteiger partial charge in [0.05, 0.1) is 6.54 Å². The largest absolute Gasteiger partial charge is 0.352 e. The zero-order valence-corrected chi connectivity index (χ0v) is 18.8. The van der Waals surface area contributed by atoms with Gasteiger partial charge in [0, 0.05) is 25.0 Å². The summed E-state index contributed by atoms with van der Waals surface area (Å²) in [5.41, 5.74) is 4.02. The summed E-state index contributed by atoms with van der Waals surface area (Å²) >= 11 is 1.78. The standard InChI is InChI=1S/C20H28N4S.HI/c1-16-9-12-25-19(16)14-23-20(21-2)22-13-17-5-7-18(8-6-17)15-24-10-3-4-11-24;/h5-9,12H,3-4,10-11,13-15H2,1-2H3,(H2,21,22,23);1H. The number of nitrogens with one attached hydrogen (secondary N) is 2. The van der Waals surface area contributed by atoms with Gasteiger partial charge < -0.3 is 10.6 Å². The van der Waals surface area contributed by atoms with Crippen LogP contribution in [0.3, 0.4) is 0 Å². The summed E-state index contributed by atoms with van der Waals surface area (Å²) in [5.74, 6) is 0.842. The Balaban J connectivity index is 0.00000243. The van der Waals surface area contributed by atoms with Crippen LogP contribution in [0.4, 0.5) is 0 Å². The molecule has 0 spiro atoms. The van der Waals surface area contributed by atoms with Gasteiger partial charge in [0.2, 0.25) is 0 Å². The summed E-state index contributed by atoms with van der Waals surface area (Å²) in [6, 6.07) is 11.1. The molecule has 0 aliphatic carbocycles. The van der Waals surface area contributed by atoms with Crippen LogP contribution < -0.4 is 10.6 Å². The first-order chi connectivity index (χ1) is 12.2. The highest BCUT2D eigenvalue weighted by molar-refractivity contribution is 14.0. The Morgan fingerprint density at radius 3 is 2.31 bits per heavy atom. The van der Waals surface area contributed by atoms with Crippen molar-refractivity contribution in [2.24, 2.45) is 4.99 Å². The van der Waals surface area contributed by atoms with E-state index in [1.807, 2.05) is 7.05 Å². The van der Waals surface area contributed by atoms with Crippen LogP contribution in [-0.4, -0.2) is 31.0 Å². The molecule has 6 heteroatoms. The second kappa shape index (κ2) is 10.9. The lowest BCUT2D eigenvalue weighted by atomic mass is 10.1. The van der Waals surface area contributed by atoms with E-state index < -0.39 is 0 Å². The van der Waals surface area contributed by atoms with E-state index in [2.05, 4.69) is 63.2 Å². The molecular formula is C20H29IN4S. The minimum Gasteiger partial charge on any atom is -0.352 e. The van der Waals surface area contributed by atoms with Crippen molar-refractivity contribution in [1.82, 2.24) is 15.5 Å². The molecule has 1 saturated heterocycles. The fourth-order valence-electron chi connectivity index (χ4n) is 3.12. The summed E-state index contributed by atoms with van der Waals surface area (Å²) < 4.78 is 0. The van der Waals surface area contributed by atoms with E-state index in [1.165, 1.54) is 47.5 Å². The first kappa shape index (κ1) is 21.2. The van der Waals surface area contributed by atoms with Crippen molar-refractivity contribution in [3.05, 3.63) is 57.3 Å². The number of nitrogens with zero attached hydrogens (tertiary/aromatic N) is 2.